The summed E-state index contributed by atoms with van der Waals surface area (Å²) in [7, 11) is 0. The molecule has 0 bridgehead atoms. The lowest BCUT2D eigenvalue weighted by Gasteiger charge is -2.15. The van der Waals surface area contributed by atoms with Gasteiger partial charge in [0.2, 0.25) is 0 Å². The molecule has 9 heteroatoms. The van der Waals surface area contributed by atoms with Gasteiger partial charge in [-0.1, -0.05) is 18.2 Å². The summed E-state index contributed by atoms with van der Waals surface area (Å²) in [6.07, 6.45) is 6.45. The first-order valence-electron chi connectivity index (χ1n) is 9.45. The Kier molecular flexibility index (Phi) is 5.51. The second-order valence-corrected chi connectivity index (χ2v) is 6.77. The molecular formula is C21H20N6O3. The first kappa shape index (κ1) is 19.3. The number of allylic oxidation sites excluding steroid dienone is 1. The molecule has 1 aliphatic rings. The molecule has 0 saturated carbocycles. The van der Waals surface area contributed by atoms with Crippen LogP contribution in [-0.2, 0) is 0 Å². The zero-order valence-electron chi connectivity index (χ0n) is 16.1. The third-order valence-corrected chi connectivity index (χ3v) is 4.75. The van der Waals surface area contributed by atoms with Crippen molar-refractivity contribution in [3.05, 3.63) is 76.7 Å². The molecule has 1 aliphatic heterocycles. The lowest BCUT2D eigenvalue weighted by molar-refractivity contribution is 0.0791. The quantitative estimate of drug-likeness (QED) is 0.490. The zero-order valence-corrected chi connectivity index (χ0v) is 16.1. The molecule has 3 N–H and O–H groups in total. The van der Waals surface area contributed by atoms with Crippen molar-refractivity contribution in [1.82, 2.24) is 19.9 Å². The number of aliphatic imine (C=N–C) groups is 1. The van der Waals surface area contributed by atoms with Gasteiger partial charge in [0.15, 0.2) is 5.76 Å². The summed E-state index contributed by atoms with van der Waals surface area (Å²) in [6.45, 7) is 1.14. The van der Waals surface area contributed by atoms with Gasteiger partial charge >= 0.3 is 6.01 Å². The van der Waals surface area contributed by atoms with E-state index in [0.29, 0.717) is 29.6 Å². The maximum atomic E-state index is 12.5. The molecule has 1 aromatic carbocycles. The van der Waals surface area contributed by atoms with Crippen LogP contribution in [-0.4, -0.2) is 51.1 Å². The standard InChI is InChI=1S/C21H20N6O3/c22-10-16(30-21-25-18-12-23-8-6-17(18)19(28)26-21)11-24-15-7-9-27(13-15)20(29)14-4-2-1-3-5-14/h1-6,8,10-12,15H,7,9,13,22H2,(H,25,26,28)/t15-/m1/s1. The van der Waals surface area contributed by atoms with Gasteiger partial charge in [0.05, 0.1) is 29.4 Å². The fourth-order valence-electron chi connectivity index (χ4n) is 3.22. The van der Waals surface area contributed by atoms with Gasteiger partial charge in [0.1, 0.15) is 0 Å². The number of benzene rings is 1. The minimum absolute atomic E-state index is 0.00375. The van der Waals surface area contributed by atoms with Gasteiger partial charge < -0.3 is 15.4 Å². The largest absolute Gasteiger partial charge is 0.422 e. The summed E-state index contributed by atoms with van der Waals surface area (Å²) in [5.41, 5.74) is 6.37. The predicted molar refractivity (Wildman–Crippen MR) is 112 cm³/mol. The number of nitrogens with two attached hydrogens (primary N) is 1. The highest BCUT2D eigenvalue weighted by molar-refractivity contribution is 5.94. The molecule has 0 radical (unpaired) electrons. The number of ether oxygens (including phenoxy) is 1. The van der Waals surface area contributed by atoms with Crippen LogP contribution in [0.15, 0.2) is 70.5 Å². The van der Waals surface area contributed by atoms with Crippen LogP contribution in [0.5, 0.6) is 6.01 Å². The van der Waals surface area contributed by atoms with Crippen molar-refractivity contribution in [2.24, 2.45) is 10.7 Å². The fraction of sp³-hybridized carbons (Fsp3) is 0.190. The van der Waals surface area contributed by atoms with Gasteiger partial charge in [-0.25, -0.2) is 0 Å². The average Bonchev–Trinajstić information content (AvgIpc) is 3.26. The van der Waals surface area contributed by atoms with E-state index in [1.165, 1.54) is 24.8 Å². The lowest BCUT2D eigenvalue weighted by atomic mass is 10.2. The van der Waals surface area contributed by atoms with Gasteiger partial charge in [0.25, 0.3) is 11.5 Å². The highest BCUT2D eigenvalue weighted by Gasteiger charge is 2.26. The van der Waals surface area contributed by atoms with Crippen LogP contribution in [0.3, 0.4) is 0 Å². The van der Waals surface area contributed by atoms with Crippen LogP contribution in [0.1, 0.15) is 16.8 Å². The van der Waals surface area contributed by atoms with Crippen molar-refractivity contribution < 1.29 is 9.53 Å². The summed E-state index contributed by atoms with van der Waals surface area (Å²) in [5, 5.41) is 0.415. The molecule has 9 nitrogen and oxygen atoms in total. The Morgan fingerprint density at radius 3 is 2.93 bits per heavy atom. The molecule has 1 saturated heterocycles. The van der Waals surface area contributed by atoms with Gasteiger partial charge in [-0.05, 0) is 24.6 Å². The number of amides is 1. The zero-order chi connectivity index (χ0) is 20.9. The normalized spacial score (nSPS) is 17.0. The molecule has 4 rings (SSSR count). The van der Waals surface area contributed by atoms with Crippen LogP contribution < -0.4 is 16.0 Å². The second kappa shape index (κ2) is 8.56. The van der Waals surface area contributed by atoms with Gasteiger partial charge in [-0.2, -0.15) is 4.98 Å². The van der Waals surface area contributed by atoms with E-state index in [4.69, 9.17) is 10.5 Å². The number of hydrogen-bond donors (Lipinski definition) is 2. The number of nitrogens with zero attached hydrogens (tertiary/aromatic N) is 4. The molecule has 152 valence electrons. The van der Waals surface area contributed by atoms with Crippen molar-refractivity contribution in [3.63, 3.8) is 0 Å². The number of pyridine rings is 1. The van der Waals surface area contributed by atoms with Crippen LogP contribution in [0.4, 0.5) is 0 Å². The van der Waals surface area contributed by atoms with Gasteiger partial charge in [-0.15, -0.1) is 0 Å². The molecule has 0 aliphatic carbocycles. The Bertz CT molecular complexity index is 1170. The molecule has 2 aromatic heterocycles. The number of rotatable bonds is 5. The van der Waals surface area contributed by atoms with Crippen LogP contribution in [0, 0.1) is 0 Å². The van der Waals surface area contributed by atoms with E-state index in [2.05, 4.69) is 19.9 Å². The summed E-state index contributed by atoms with van der Waals surface area (Å²) in [5.74, 6) is 0.222. The van der Waals surface area contributed by atoms with Crippen molar-refractivity contribution >= 4 is 23.0 Å². The first-order valence-corrected chi connectivity index (χ1v) is 9.45. The summed E-state index contributed by atoms with van der Waals surface area (Å²) in [4.78, 5) is 41.7. The van der Waals surface area contributed by atoms with Crippen molar-refractivity contribution in [1.29, 1.82) is 0 Å². The number of nitrogens with one attached hydrogen (secondary N) is 1. The Hall–Kier alpha value is -4.01. The van der Waals surface area contributed by atoms with Crippen molar-refractivity contribution in [2.75, 3.05) is 13.1 Å². The van der Waals surface area contributed by atoms with E-state index in [9.17, 15) is 9.59 Å². The van der Waals surface area contributed by atoms with E-state index in [-0.39, 0.29) is 29.3 Å². The van der Waals surface area contributed by atoms with Crippen LogP contribution in [0.2, 0.25) is 0 Å². The average molecular weight is 404 g/mol. The Morgan fingerprint density at radius 2 is 2.13 bits per heavy atom. The van der Waals surface area contributed by atoms with Crippen molar-refractivity contribution in [2.45, 2.75) is 12.5 Å². The maximum absolute atomic E-state index is 12.5. The molecule has 1 amide bonds. The maximum Gasteiger partial charge on any atom is 0.302 e. The van der Waals surface area contributed by atoms with Crippen molar-refractivity contribution in [3.8, 4) is 6.01 Å². The number of aromatic nitrogens is 3. The molecule has 1 fully saturated rings. The molecule has 30 heavy (non-hydrogen) atoms. The predicted octanol–water partition coefficient (Wildman–Crippen LogP) is 1.48. The van der Waals surface area contributed by atoms with Crippen LogP contribution in [0.25, 0.3) is 10.9 Å². The SMILES string of the molecule is NC=C(C=N[C@@H]1CCN(C(=O)c2ccccc2)C1)Oc1nc2cnccc2c(=O)[nH]1. The molecule has 3 aromatic rings. The van der Waals surface area contributed by atoms with E-state index in [0.717, 1.165) is 6.42 Å². The minimum atomic E-state index is -0.337. The minimum Gasteiger partial charge on any atom is -0.422 e. The fourth-order valence-corrected chi connectivity index (χ4v) is 3.22. The molecule has 0 spiro atoms. The van der Waals surface area contributed by atoms with E-state index < -0.39 is 0 Å². The lowest BCUT2D eigenvalue weighted by Crippen LogP contribution is -2.29. The molecule has 0 unspecified atom stereocenters. The molecule has 3 heterocycles. The number of aromatic amines is 1. The Morgan fingerprint density at radius 1 is 1.30 bits per heavy atom. The molecular weight excluding hydrogens is 384 g/mol. The summed E-state index contributed by atoms with van der Waals surface area (Å²) < 4.78 is 5.57. The summed E-state index contributed by atoms with van der Waals surface area (Å²) in [6, 6.07) is 10.7. The first-order chi connectivity index (χ1) is 14.6. The number of likely N-dealkylation sites (tertiary alicyclic amines) is 1. The van der Waals surface area contributed by atoms with Gasteiger partial charge in [0, 0.05) is 31.0 Å². The summed E-state index contributed by atoms with van der Waals surface area (Å²) >= 11 is 0. The van der Waals surface area contributed by atoms with E-state index in [1.54, 1.807) is 23.1 Å². The van der Waals surface area contributed by atoms with Crippen LogP contribution >= 0.6 is 0 Å². The smallest absolute Gasteiger partial charge is 0.302 e. The number of fused-ring (bicyclic) bond motifs is 1. The van der Waals surface area contributed by atoms with E-state index in [1.807, 2.05) is 18.2 Å². The Balaban J connectivity index is 1.41. The topological polar surface area (TPSA) is 127 Å². The third kappa shape index (κ3) is 4.19. The Labute approximate surface area is 171 Å². The van der Waals surface area contributed by atoms with Gasteiger partial charge in [-0.3, -0.25) is 24.5 Å². The highest BCUT2D eigenvalue weighted by atomic mass is 16.5. The molecule has 1 atom stereocenters. The third-order valence-electron chi connectivity index (χ3n) is 4.75. The number of carbonyl (C=O) groups is 1. The highest BCUT2D eigenvalue weighted by Crippen LogP contribution is 2.16. The number of carbonyl (C=O) groups excluding carboxylic acids is 1. The second-order valence-electron chi connectivity index (χ2n) is 6.77. The monoisotopic (exact) mass is 404 g/mol. The number of H-pyrrole nitrogens is 1. The number of hydrogen-bond acceptors (Lipinski definition) is 7. The van der Waals surface area contributed by atoms with E-state index >= 15 is 0 Å².